The molecule has 1 heterocycles. The van der Waals surface area contributed by atoms with Gasteiger partial charge in [0, 0.05) is 25.9 Å². The van der Waals surface area contributed by atoms with Gasteiger partial charge in [-0.3, -0.25) is 4.79 Å². The first-order chi connectivity index (χ1) is 12.6. The Morgan fingerprint density at radius 2 is 2.00 bits per heavy atom. The first-order valence-electron chi connectivity index (χ1n) is 9.42. The Balaban J connectivity index is 1.47. The van der Waals surface area contributed by atoms with Gasteiger partial charge in [0.15, 0.2) is 11.9 Å². The smallest absolute Gasteiger partial charge is 0.263 e. The zero-order valence-corrected chi connectivity index (χ0v) is 15.6. The maximum absolute atomic E-state index is 12.5. The van der Waals surface area contributed by atoms with E-state index in [2.05, 4.69) is 10.1 Å². The van der Waals surface area contributed by atoms with Crippen LogP contribution < -0.4 is 4.74 Å². The predicted octanol–water partition coefficient (Wildman–Crippen LogP) is 3.59. The number of hydrogen-bond donors (Lipinski definition) is 0. The third-order valence-corrected chi connectivity index (χ3v) is 4.89. The standard InChI is InChI=1S/C20H27N3O3/c1-15(25-17-11-7-4-8-12-17)20(24)23(2)14-13-18-21-19(26-22-18)16-9-5-3-6-10-16/h4,7-8,11-12,15-16H,3,5-6,9-10,13-14H2,1-2H3. The third-order valence-electron chi connectivity index (χ3n) is 4.89. The summed E-state index contributed by atoms with van der Waals surface area (Å²) in [6.07, 6.45) is 6.08. The quantitative estimate of drug-likeness (QED) is 0.757. The Kier molecular flexibility index (Phi) is 6.26. The molecule has 6 nitrogen and oxygen atoms in total. The average Bonchev–Trinajstić information content (AvgIpc) is 3.16. The molecule has 0 saturated heterocycles. The van der Waals surface area contributed by atoms with Crippen molar-refractivity contribution in [3.8, 4) is 5.75 Å². The van der Waals surface area contributed by atoms with E-state index in [0.717, 1.165) is 18.7 Å². The van der Waals surface area contributed by atoms with Crippen molar-refractivity contribution >= 4 is 5.91 Å². The molecule has 140 valence electrons. The highest BCUT2D eigenvalue weighted by atomic mass is 16.5. The molecule has 0 radical (unpaired) electrons. The maximum atomic E-state index is 12.5. The van der Waals surface area contributed by atoms with Crippen LogP contribution in [0.25, 0.3) is 0 Å². The summed E-state index contributed by atoms with van der Waals surface area (Å²) in [5.74, 6) is 2.46. The van der Waals surface area contributed by atoms with Crippen LogP contribution in [0.5, 0.6) is 5.75 Å². The molecule has 0 N–H and O–H groups in total. The lowest BCUT2D eigenvalue weighted by atomic mass is 9.89. The second-order valence-corrected chi connectivity index (χ2v) is 6.97. The Hall–Kier alpha value is -2.37. The van der Waals surface area contributed by atoms with Crippen molar-refractivity contribution in [3.05, 3.63) is 42.0 Å². The summed E-state index contributed by atoms with van der Waals surface area (Å²) >= 11 is 0. The van der Waals surface area contributed by atoms with Crippen molar-refractivity contribution in [1.29, 1.82) is 0 Å². The molecule has 1 saturated carbocycles. The second kappa shape index (κ2) is 8.83. The monoisotopic (exact) mass is 357 g/mol. The van der Waals surface area contributed by atoms with Crippen molar-refractivity contribution in [2.45, 2.75) is 57.5 Å². The predicted molar refractivity (Wildman–Crippen MR) is 98.0 cm³/mol. The molecule has 0 bridgehead atoms. The molecule has 1 unspecified atom stereocenters. The molecule has 1 amide bonds. The first-order valence-corrected chi connectivity index (χ1v) is 9.42. The van der Waals surface area contributed by atoms with Gasteiger partial charge in [-0.15, -0.1) is 0 Å². The van der Waals surface area contributed by atoms with Crippen molar-refractivity contribution in [2.75, 3.05) is 13.6 Å². The number of carbonyl (C=O) groups is 1. The maximum Gasteiger partial charge on any atom is 0.263 e. The molecule has 1 aromatic heterocycles. The van der Waals surface area contributed by atoms with Crippen LogP contribution in [0.3, 0.4) is 0 Å². The number of amides is 1. The summed E-state index contributed by atoms with van der Waals surface area (Å²) < 4.78 is 11.1. The zero-order valence-electron chi connectivity index (χ0n) is 15.6. The number of rotatable bonds is 7. The minimum Gasteiger partial charge on any atom is -0.481 e. The highest BCUT2D eigenvalue weighted by molar-refractivity contribution is 5.80. The fourth-order valence-corrected chi connectivity index (χ4v) is 3.33. The molecule has 6 heteroatoms. The van der Waals surface area contributed by atoms with Crippen LogP contribution in [0.2, 0.25) is 0 Å². The van der Waals surface area contributed by atoms with Crippen molar-refractivity contribution < 1.29 is 14.1 Å². The van der Waals surface area contributed by atoms with Crippen molar-refractivity contribution in [1.82, 2.24) is 15.0 Å². The molecule has 1 atom stereocenters. The van der Waals surface area contributed by atoms with Crippen LogP contribution in [0, 0.1) is 0 Å². The number of aromatic nitrogens is 2. The van der Waals surface area contributed by atoms with E-state index in [9.17, 15) is 4.79 Å². The summed E-state index contributed by atoms with van der Waals surface area (Å²) in [5, 5.41) is 4.08. The lowest BCUT2D eigenvalue weighted by molar-refractivity contribution is -0.136. The van der Waals surface area contributed by atoms with Crippen LogP contribution in [0.1, 0.15) is 56.7 Å². The molecule has 1 aliphatic rings. The van der Waals surface area contributed by atoms with Gasteiger partial charge in [-0.1, -0.05) is 42.6 Å². The lowest BCUT2D eigenvalue weighted by Crippen LogP contribution is -2.39. The van der Waals surface area contributed by atoms with Crippen LogP contribution >= 0.6 is 0 Å². The van der Waals surface area contributed by atoms with Crippen LogP contribution in [-0.2, 0) is 11.2 Å². The normalized spacial score (nSPS) is 16.2. The van der Waals surface area contributed by atoms with E-state index in [1.165, 1.54) is 19.3 Å². The Bertz CT molecular complexity index is 695. The highest BCUT2D eigenvalue weighted by Crippen LogP contribution is 2.31. The SMILES string of the molecule is CC(Oc1ccccc1)C(=O)N(C)CCc1noc(C2CCCCC2)n1. The van der Waals surface area contributed by atoms with E-state index < -0.39 is 6.10 Å². The fraction of sp³-hybridized carbons (Fsp3) is 0.550. The topological polar surface area (TPSA) is 68.5 Å². The lowest BCUT2D eigenvalue weighted by Gasteiger charge is -2.21. The van der Waals surface area contributed by atoms with E-state index in [-0.39, 0.29) is 5.91 Å². The molecular weight excluding hydrogens is 330 g/mol. The van der Waals surface area contributed by atoms with Crippen LogP contribution in [0.15, 0.2) is 34.9 Å². The van der Waals surface area contributed by atoms with E-state index in [4.69, 9.17) is 9.26 Å². The number of ether oxygens (including phenoxy) is 1. The van der Waals surface area contributed by atoms with E-state index in [1.54, 1.807) is 18.9 Å². The van der Waals surface area contributed by atoms with Gasteiger partial charge in [0.05, 0.1) is 0 Å². The largest absolute Gasteiger partial charge is 0.481 e. The van der Waals surface area contributed by atoms with Gasteiger partial charge in [-0.05, 0) is 31.9 Å². The van der Waals surface area contributed by atoms with Crippen LogP contribution in [0.4, 0.5) is 0 Å². The first kappa shape index (κ1) is 18.4. The van der Waals surface area contributed by atoms with Gasteiger partial charge in [0.1, 0.15) is 5.75 Å². The number of nitrogens with zero attached hydrogens (tertiary/aromatic N) is 3. The summed E-state index contributed by atoms with van der Waals surface area (Å²) in [6, 6.07) is 9.37. The van der Waals surface area contributed by atoms with E-state index in [1.807, 2.05) is 30.3 Å². The van der Waals surface area contributed by atoms with Gasteiger partial charge in [0.25, 0.3) is 5.91 Å². The summed E-state index contributed by atoms with van der Waals surface area (Å²) in [6.45, 7) is 2.30. The molecule has 2 aromatic rings. The highest BCUT2D eigenvalue weighted by Gasteiger charge is 2.23. The Morgan fingerprint density at radius 1 is 1.27 bits per heavy atom. The van der Waals surface area contributed by atoms with Gasteiger partial charge in [-0.2, -0.15) is 4.98 Å². The Morgan fingerprint density at radius 3 is 2.73 bits per heavy atom. The van der Waals surface area contributed by atoms with Crippen molar-refractivity contribution in [2.24, 2.45) is 0 Å². The molecule has 1 aliphatic carbocycles. The zero-order chi connectivity index (χ0) is 18.4. The summed E-state index contributed by atoms with van der Waals surface area (Å²) in [4.78, 5) is 18.6. The van der Waals surface area contributed by atoms with Crippen LogP contribution in [-0.4, -0.2) is 40.6 Å². The molecule has 0 aliphatic heterocycles. The van der Waals surface area contributed by atoms with E-state index >= 15 is 0 Å². The molecule has 1 aromatic carbocycles. The van der Waals surface area contributed by atoms with Gasteiger partial charge in [0.2, 0.25) is 5.89 Å². The van der Waals surface area contributed by atoms with Gasteiger partial charge >= 0.3 is 0 Å². The second-order valence-electron chi connectivity index (χ2n) is 6.97. The molecule has 0 spiro atoms. The average molecular weight is 357 g/mol. The van der Waals surface area contributed by atoms with Gasteiger partial charge in [-0.25, -0.2) is 0 Å². The number of benzene rings is 1. The minimum absolute atomic E-state index is 0.0650. The molecular formula is C20H27N3O3. The minimum atomic E-state index is -0.537. The summed E-state index contributed by atoms with van der Waals surface area (Å²) in [7, 11) is 1.77. The van der Waals surface area contributed by atoms with Gasteiger partial charge < -0.3 is 14.2 Å². The number of likely N-dealkylation sites (N-methyl/N-ethyl adjacent to an activating group) is 1. The Labute approximate surface area is 154 Å². The number of hydrogen-bond acceptors (Lipinski definition) is 5. The molecule has 3 rings (SSSR count). The van der Waals surface area contributed by atoms with Crippen molar-refractivity contribution in [3.63, 3.8) is 0 Å². The summed E-state index contributed by atoms with van der Waals surface area (Å²) in [5.41, 5.74) is 0. The number of carbonyl (C=O) groups excluding carboxylic acids is 1. The van der Waals surface area contributed by atoms with E-state index in [0.29, 0.717) is 30.5 Å². The third kappa shape index (κ3) is 4.84. The fourth-order valence-electron chi connectivity index (χ4n) is 3.33. The number of para-hydroxylation sites is 1. The molecule has 26 heavy (non-hydrogen) atoms. The molecule has 1 fully saturated rings.